The summed E-state index contributed by atoms with van der Waals surface area (Å²) in [5.41, 5.74) is 1.54. The van der Waals surface area contributed by atoms with Gasteiger partial charge in [-0.1, -0.05) is 24.6 Å². The Hall–Kier alpha value is -1.49. The van der Waals surface area contributed by atoms with Gasteiger partial charge in [0.15, 0.2) is 0 Å². The molecule has 1 N–H and O–H groups in total. The Kier molecular flexibility index (Phi) is 4.70. The van der Waals surface area contributed by atoms with Gasteiger partial charge in [0.25, 0.3) is 0 Å². The Morgan fingerprint density at radius 1 is 1.05 bits per heavy atom. The zero-order valence-corrected chi connectivity index (χ0v) is 11.0. The van der Waals surface area contributed by atoms with Crippen LogP contribution in [-0.2, 0) is 0 Å². The Labute approximate surface area is 115 Å². The minimum Gasteiger partial charge on any atom is -0.406 e. The fraction of sp³-hybridized carbons (Fsp3) is 0.467. The van der Waals surface area contributed by atoms with Crippen LogP contribution in [0.25, 0.3) is 0 Å². The largest absolute Gasteiger partial charge is 0.573 e. The van der Waals surface area contributed by atoms with Crippen LogP contribution in [0.1, 0.15) is 43.8 Å². The third-order valence-electron chi connectivity index (χ3n) is 3.36. The molecule has 0 saturated carbocycles. The highest BCUT2D eigenvalue weighted by Crippen LogP contribution is 2.30. The van der Waals surface area contributed by atoms with E-state index in [0.717, 1.165) is 37.7 Å². The zero-order chi connectivity index (χ0) is 14.6. The van der Waals surface area contributed by atoms with Crippen molar-refractivity contribution in [3.8, 4) is 5.75 Å². The maximum atomic E-state index is 12.1. The van der Waals surface area contributed by atoms with E-state index in [9.17, 15) is 18.3 Å². The van der Waals surface area contributed by atoms with Gasteiger partial charge in [-0.05, 0) is 49.0 Å². The van der Waals surface area contributed by atoms with Gasteiger partial charge in [-0.3, -0.25) is 0 Å². The SMILES string of the molecule is OC(C1=CCCCCC1)c1ccc(OC(F)(F)F)cc1. The number of alkyl halides is 3. The lowest BCUT2D eigenvalue weighted by Gasteiger charge is -2.15. The Morgan fingerprint density at radius 2 is 1.75 bits per heavy atom. The highest BCUT2D eigenvalue weighted by atomic mass is 19.4. The van der Waals surface area contributed by atoms with E-state index in [1.54, 1.807) is 0 Å². The summed E-state index contributed by atoms with van der Waals surface area (Å²) in [5, 5.41) is 10.3. The van der Waals surface area contributed by atoms with Crippen molar-refractivity contribution in [1.29, 1.82) is 0 Å². The topological polar surface area (TPSA) is 29.5 Å². The van der Waals surface area contributed by atoms with Crippen LogP contribution in [0, 0.1) is 0 Å². The smallest absolute Gasteiger partial charge is 0.406 e. The van der Waals surface area contributed by atoms with Crippen LogP contribution in [0.5, 0.6) is 5.75 Å². The zero-order valence-electron chi connectivity index (χ0n) is 11.0. The van der Waals surface area contributed by atoms with E-state index < -0.39 is 12.5 Å². The number of rotatable bonds is 3. The van der Waals surface area contributed by atoms with Gasteiger partial charge in [0.1, 0.15) is 11.9 Å². The van der Waals surface area contributed by atoms with Crippen LogP contribution in [-0.4, -0.2) is 11.5 Å². The molecule has 1 aromatic rings. The van der Waals surface area contributed by atoms with Gasteiger partial charge >= 0.3 is 6.36 Å². The van der Waals surface area contributed by atoms with Crippen LogP contribution in [0.2, 0.25) is 0 Å². The van der Waals surface area contributed by atoms with Gasteiger partial charge in [-0.25, -0.2) is 0 Å². The van der Waals surface area contributed by atoms with Crippen LogP contribution < -0.4 is 4.74 Å². The molecule has 0 amide bonds. The van der Waals surface area contributed by atoms with Crippen molar-refractivity contribution in [3.63, 3.8) is 0 Å². The second kappa shape index (κ2) is 6.31. The summed E-state index contributed by atoms with van der Waals surface area (Å²) in [4.78, 5) is 0. The van der Waals surface area contributed by atoms with Crippen molar-refractivity contribution in [1.82, 2.24) is 0 Å². The average molecular weight is 286 g/mol. The highest BCUT2D eigenvalue weighted by molar-refractivity contribution is 5.32. The normalized spacial score (nSPS) is 18.1. The molecule has 0 heterocycles. The Bertz CT molecular complexity index is 463. The van der Waals surface area contributed by atoms with Gasteiger partial charge < -0.3 is 9.84 Å². The van der Waals surface area contributed by atoms with Crippen molar-refractivity contribution in [2.75, 3.05) is 0 Å². The molecule has 2 nitrogen and oxygen atoms in total. The Balaban J connectivity index is 2.07. The first-order chi connectivity index (χ1) is 9.46. The van der Waals surface area contributed by atoms with E-state index >= 15 is 0 Å². The second-order valence-corrected chi connectivity index (χ2v) is 4.90. The van der Waals surface area contributed by atoms with Crippen molar-refractivity contribution in [2.45, 2.75) is 44.6 Å². The monoisotopic (exact) mass is 286 g/mol. The van der Waals surface area contributed by atoms with Crippen molar-refractivity contribution < 1.29 is 23.0 Å². The molecule has 0 spiro atoms. The van der Waals surface area contributed by atoms with Gasteiger partial charge in [0, 0.05) is 0 Å². The molecular weight excluding hydrogens is 269 g/mol. The molecule has 1 aliphatic rings. The lowest BCUT2D eigenvalue weighted by Crippen LogP contribution is -2.17. The molecule has 5 heteroatoms. The van der Waals surface area contributed by atoms with Gasteiger partial charge in [0.2, 0.25) is 0 Å². The van der Waals surface area contributed by atoms with Crippen LogP contribution in [0.3, 0.4) is 0 Å². The third kappa shape index (κ3) is 4.27. The first-order valence-corrected chi connectivity index (χ1v) is 6.68. The standard InChI is InChI=1S/C15H17F3O2/c16-15(17,18)20-13-9-7-12(8-10-13)14(19)11-5-3-1-2-4-6-11/h5,7-10,14,19H,1-4,6H2. The van der Waals surface area contributed by atoms with Crippen LogP contribution in [0.15, 0.2) is 35.9 Å². The number of benzene rings is 1. The van der Waals surface area contributed by atoms with Crippen molar-refractivity contribution >= 4 is 0 Å². The first kappa shape index (κ1) is 14.9. The van der Waals surface area contributed by atoms with E-state index in [1.807, 2.05) is 6.08 Å². The minimum atomic E-state index is -4.69. The molecule has 0 aromatic heterocycles. The maximum absolute atomic E-state index is 12.1. The lowest BCUT2D eigenvalue weighted by atomic mass is 9.98. The molecule has 1 atom stereocenters. The number of hydrogen-bond acceptors (Lipinski definition) is 2. The number of aliphatic hydroxyl groups is 1. The van der Waals surface area contributed by atoms with E-state index in [1.165, 1.54) is 24.3 Å². The molecule has 20 heavy (non-hydrogen) atoms. The number of allylic oxidation sites excluding steroid dienone is 1. The maximum Gasteiger partial charge on any atom is 0.573 e. The summed E-state index contributed by atoms with van der Waals surface area (Å²) in [5.74, 6) is -0.275. The van der Waals surface area contributed by atoms with E-state index in [-0.39, 0.29) is 5.75 Å². The van der Waals surface area contributed by atoms with Crippen LogP contribution in [0.4, 0.5) is 13.2 Å². The van der Waals surface area contributed by atoms with Gasteiger partial charge in [-0.2, -0.15) is 0 Å². The fourth-order valence-corrected chi connectivity index (χ4v) is 2.35. The quantitative estimate of drug-likeness (QED) is 0.828. The van der Waals surface area contributed by atoms with Crippen molar-refractivity contribution in [2.24, 2.45) is 0 Å². The molecule has 0 fully saturated rings. The summed E-state index contributed by atoms with van der Waals surface area (Å²) in [6.45, 7) is 0. The number of ether oxygens (including phenoxy) is 1. The lowest BCUT2D eigenvalue weighted by molar-refractivity contribution is -0.274. The summed E-state index contributed by atoms with van der Waals surface area (Å²) in [6, 6.07) is 5.39. The van der Waals surface area contributed by atoms with Gasteiger partial charge in [-0.15, -0.1) is 13.2 Å². The Morgan fingerprint density at radius 3 is 2.40 bits per heavy atom. The predicted molar refractivity (Wildman–Crippen MR) is 69.3 cm³/mol. The van der Waals surface area contributed by atoms with Gasteiger partial charge in [0.05, 0.1) is 0 Å². The minimum absolute atomic E-state index is 0.275. The number of aliphatic hydroxyl groups excluding tert-OH is 1. The molecular formula is C15H17F3O2. The predicted octanol–water partition coefficient (Wildman–Crippen LogP) is 4.51. The van der Waals surface area contributed by atoms with E-state index in [2.05, 4.69) is 4.74 Å². The second-order valence-electron chi connectivity index (χ2n) is 4.90. The molecule has 110 valence electrons. The molecule has 0 bridgehead atoms. The molecule has 2 rings (SSSR count). The summed E-state index contributed by atoms with van der Waals surface area (Å²) in [6.07, 6.45) is 1.69. The average Bonchev–Trinajstić information content (AvgIpc) is 2.66. The summed E-state index contributed by atoms with van der Waals surface area (Å²) < 4.78 is 40.0. The first-order valence-electron chi connectivity index (χ1n) is 6.68. The van der Waals surface area contributed by atoms with Crippen LogP contribution >= 0.6 is 0 Å². The number of halogens is 3. The summed E-state index contributed by atoms with van der Waals surface area (Å²) >= 11 is 0. The molecule has 0 saturated heterocycles. The molecule has 0 radical (unpaired) electrons. The highest BCUT2D eigenvalue weighted by Gasteiger charge is 2.31. The summed E-state index contributed by atoms with van der Waals surface area (Å²) in [7, 11) is 0. The molecule has 0 aliphatic heterocycles. The third-order valence-corrected chi connectivity index (χ3v) is 3.36. The van der Waals surface area contributed by atoms with E-state index in [4.69, 9.17) is 0 Å². The fourth-order valence-electron chi connectivity index (χ4n) is 2.35. The van der Waals surface area contributed by atoms with Crippen molar-refractivity contribution in [3.05, 3.63) is 41.5 Å². The molecule has 1 aliphatic carbocycles. The number of hydrogen-bond donors (Lipinski definition) is 1. The van der Waals surface area contributed by atoms with E-state index in [0.29, 0.717) is 5.56 Å². The molecule has 1 unspecified atom stereocenters. The molecule has 1 aromatic carbocycles.